The Labute approximate surface area is 115 Å². The molecule has 19 heavy (non-hydrogen) atoms. The summed E-state index contributed by atoms with van der Waals surface area (Å²) in [5.74, 6) is 0.434. The highest BCUT2D eigenvalue weighted by Gasteiger charge is 2.14. The van der Waals surface area contributed by atoms with Crippen molar-refractivity contribution in [2.75, 3.05) is 6.61 Å². The molecule has 0 fully saturated rings. The largest absolute Gasteiger partial charge is 0.394 e. The molecule has 4 heteroatoms. The Balaban J connectivity index is 2.46. The molecule has 0 aliphatic rings. The highest BCUT2D eigenvalue weighted by atomic mass is 16.3. The van der Waals surface area contributed by atoms with Gasteiger partial charge in [-0.25, -0.2) is 4.79 Å². The van der Waals surface area contributed by atoms with Crippen molar-refractivity contribution in [3.63, 3.8) is 0 Å². The van der Waals surface area contributed by atoms with Gasteiger partial charge in [-0.3, -0.25) is 0 Å². The third-order valence-corrected chi connectivity index (χ3v) is 2.96. The van der Waals surface area contributed by atoms with Crippen molar-refractivity contribution in [3.05, 3.63) is 35.9 Å². The minimum absolute atomic E-state index is 0.0364. The molecule has 0 bridgehead atoms. The molecule has 0 aliphatic carbocycles. The number of carbonyl (C=O) groups is 1. The van der Waals surface area contributed by atoms with Crippen LogP contribution in [0.2, 0.25) is 0 Å². The van der Waals surface area contributed by atoms with Gasteiger partial charge in [0, 0.05) is 0 Å². The van der Waals surface area contributed by atoms with Crippen LogP contribution < -0.4 is 10.6 Å². The molecule has 0 spiro atoms. The number of hydrogen-bond acceptors (Lipinski definition) is 2. The van der Waals surface area contributed by atoms with E-state index in [1.807, 2.05) is 37.3 Å². The maximum Gasteiger partial charge on any atom is 0.315 e. The SMILES string of the molecule is CC(C)CC(CO)NC(=O)NC(C)c1ccccc1. The topological polar surface area (TPSA) is 61.4 Å². The average molecular weight is 264 g/mol. The lowest BCUT2D eigenvalue weighted by Crippen LogP contribution is -2.45. The molecular weight excluding hydrogens is 240 g/mol. The lowest BCUT2D eigenvalue weighted by molar-refractivity contribution is 0.205. The van der Waals surface area contributed by atoms with Gasteiger partial charge in [-0.05, 0) is 24.8 Å². The maximum absolute atomic E-state index is 11.8. The van der Waals surface area contributed by atoms with Crippen molar-refractivity contribution >= 4 is 6.03 Å². The molecule has 0 aliphatic heterocycles. The van der Waals surface area contributed by atoms with Gasteiger partial charge >= 0.3 is 6.03 Å². The molecule has 2 atom stereocenters. The highest BCUT2D eigenvalue weighted by Crippen LogP contribution is 2.11. The summed E-state index contributed by atoms with van der Waals surface area (Å²) in [5.41, 5.74) is 1.06. The second-order valence-electron chi connectivity index (χ2n) is 5.26. The van der Waals surface area contributed by atoms with E-state index >= 15 is 0 Å². The minimum Gasteiger partial charge on any atom is -0.394 e. The second-order valence-corrected chi connectivity index (χ2v) is 5.26. The van der Waals surface area contributed by atoms with Crippen LogP contribution in [0, 0.1) is 5.92 Å². The molecule has 0 heterocycles. The normalized spacial score (nSPS) is 13.9. The Morgan fingerprint density at radius 3 is 2.32 bits per heavy atom. The summed E-state index contributed by atoms with van der Waals surface area (Å²) in [6.07, 6.45) is 0.767. The number of rotatable bonds is 6. The minimum atomic E-state index is -0.240. The third kappa shape index (κ3) is 5.75. The van der Waals surface area contributed by atoms with E-state index in [-0.39, 0.29) is 24.7 Å². The average Bonchev–Trinajstić information content (AvgIpc) is 2.38. The number of benzene rings is 1. The highest BCUT2D eigenvalue weighted by molar-refractivity contribution is 5.74. The van der Waals surface area contributed by atoms with Crippen LogP contribution in [0.3, 0.4) is 0 Å². The van der Waals surface area contributed by atoms with E-state index < -0.39 is 0 Å². The van der Waals surface area contributed by atoms with E-state index in [2.05, 4.69) is 24.5 Å². The number of nitrogens with one attached hydrogen (secondary N) is 2. The first-order chi connectivity index (χ1) is 9.02. The molecular formula is C15H24N2O2. The van der Waals surface area contributed by atoms with Crippen LogP contribution >= 0.6 is 0 Å². The van der Waals surface area contributed by atoms with Crippen molar-refractivity contribution in [2.24, 2.45) is 5.92 Å². The molecule has 1 aromatic carbocycles. The Hall–Kier alpha value is -1.55. The van der Waals surface area contributed by atoms with Crippen LogP contribution in [0.1, 0.15) is 38.8 Å². The third-order valence-electron chi connectivity index (χ3n) is 2.96. The van der Waals surface area contributed by atoms with Crippen molar-refractivity contribution in [1.82, 2.24) is 10.6 Å². The fourth-order valence-corrected chi connectivity index (χ4v) is 2.00. The first-order valence-electron chi connectivity index (χ1n) is 6.75. The predicted molar refractivity (Wildman–Crippen MR) is 76.9 cm³/mol. The Morgan fingerprint density at radius 2 is 1.79 bits per heavy atom. The van der Waals surface area contributed by atoms with Crippen molar-refractivity contribution in [1.29, 1.82) is 0 Å². The van der Waals surface area contributed by atoms with Gasteiger partial charge in [-0.15, -0.1) is 0 Å². The number of urea groups is 1. The fourth-order valence-electron chi connectivity index (χ4n) is 2.00. The molecule has 2 unspecified atom stereocenters. The summed E-state index contributed by atoms with van der Waals surface area (Å²) >= 11 is 0. The maximum atomic E-state index is 11.8. The van der Waals surface area contributed by atoms with Crippen LogP contribution in [0.15, 0.2) is 30.3 Å². The van der Waals surface area contributed by atoms with Gasteiger partial charge in [0.15, 0.2) is 0 Å². The van der Waals surface area contributed by atoms with E-state index in [9.17, 15) is 9.90 Å². The molecule has 0 saturated carbocycles. The standard InChI is InChI=1S/C15H24N2O2/c1-11(2)9-14(10-18)17-15(19)16-12(3)13-7-5-4-6-8-13/h4-8,11-12,14,18H,9-10H2,1-3H3,(H2,16,17,19). The van der Waals surface area contributed by atoms with Crippen molar-refractivity contribution in [3.8, 4) is 0 Å². The zero-order valence-corrected chi connectivity index (χ0v) is 11.9. The molecule has 1 rings (SSSR count). The van der Waals surface area contributed by atoms with Crippen LogP contribution in [-0.2, 0) is 0 Å². The van der Waals surface area contributed by atoms with Gasteiger partial charge in [0.1, 0.15) is 0 Å². The van der Waals surface area contributed by atoms with Gasteiger partial charge in [0.25, 0.3) is 0 Å². The molecule has 0 aromatic heterocycles. The quantitative estimate of drug-likeness (QED) is 0.739. The van der Waals surface area contributed by atoms with Crippen molar-refractivity contribution in [2.45, 2.75) is 39.3 Å². The Morgan fingerprint density at radius 1 is 1.16 bits per heavy atom. The molecule has 4 nitrogen and oxygen atoms in total. The van der Waals surface area contributed by atoms with E-state index in [0.717, 1.165) is 12.0 Å². The smallest absolute Gasteiger partial charge is 0.315 e. The number of carbonyl (C=O) groups excluding carboxylic acids is 1. The Bertz CT molecular complexity index is 379. The predicted octanol–water partition coefficient (Wildman–Crippen LogP) is 2.45. The molecule has 2 amide bonds. The van der Waals surface area contributed by atoms with Gasteiger partial charge in [0.05, 0.1) is 18.7 Å². The monoisotopic (exact) mass is 264 g/mol. The van der Waals surface area contributed by atoms with E-state index in [4.69, 9.17) is 0 Å². The lowest BCUT2D eigenvalue weighted by Gasteiger charge is -2.21. The fraction of sp³-hybridized carbons (Fsp3) is 0.533. The number of hydrogen-bond donors (Lipinski definition) is 3. The van der Waals surface area contributed by atoms with E-state index in [0.29, 0.717) is 5.92 Å². The van der Waals surface area contributed by atoms with Crippen molar-refractivity contribution < 1.29 is 9.90 Å². The van der Waals surface area contributed by atoms with Crippen LogP contribution in [0.4, 0.5) is 4.79 Å². The summed E-state index contributed by atoms with van der Waals surface area (Å²) in [6.45, 7) is 6.03. The number of amides is 2. The van der Waals surface area contributed by atoms with Gasteiger partial charge in [-0.2, -0.15) is 0 Å². The second kappa shape index (κ2) is 7.79. The summed E-state index contributed by atoms with van der Waals surface area (Å²) in [5, 5.41) is 14.9. The van der Waals surface area contributed by atoms with E-state index in [1.54, 1.807) is 0 Å². The van der Waals surface area contributed by atoms with Crippen LogP contribution in [-0.4, -0.2) is 23.8 Å². The zero-order chi connectivity index (χ0) is 14.3. The molecule has 3 N–H and O–H groups in total. The molecule has 0 saturated heterocycles. The van der Waals surface area contributed by atoms with Gasteiger partial charge < -0.3 is 15.7 Å². The summed E-state index contributed by atoms with van der Waals surface area (Å²) < 4.78 is 0. The first-order valence-corrected chi connectivity index (χ1v) is 6.75. The molecule has 1 aromatic rings. The summed E-state index contributed by atoms with van der Waals surface area (Å²) in [4.78, 5) is 11.8. The van der Waals surface area contributed by atoms with E-state index in [1.165, 1.54) is 0 Å². The first kappa shape index (κ1) is 15.5. The molecule has 0 radical (unpaired) electrons. The zero-order valence-electron chi connectivity index (χ0n) is 11.9. The number of aliphatic hydroxyl groups excluding tert-OH is 1. The van der Waals surface area contributed by atoms with Gasteiger partial charge in [-0.1, -0.05) is 44.2 Å². The lowest BCUT2D eigenvalue weighted by atomic mass is 10.0. The number of aliphatic hydroxyl groups is 1. The van der Waals surface area contributed by atoms with Crippen LogP contribution in [0.5, 0.6) is 0 Å². The Kier molecular flexibility index (Phi) is 6.36. The van der Waals surface area contributed by atoms with Gasteiger partial charge in [0.2, 0.25) is 0 Å². The summed E-state index contributed by atoms with van der Waals surface area (Å²) in [6, 6.07) is 9.30. The molecule has 106 valence electrons. The summed E-state index contributed by atoms with van der Waals surface area (Å²) in [7, 11) is 0. The van der Waals surface area contributed by atoms with Crippen LogP contribution in [0.25, 0.3) is 0 Å².